The van der Waals surface area contributed by atoms with Crippen molar-refractivity contribution in [1.29, 1.82) is 0 Å². The van der Waals surface area contributed by atoms with Crippen LogP contribution in [0.2, 0.25) is 0 Å². The monoisotopic (exact) mass is 403 g/mol. The number of amides is 1. The van der Waals surface area contributed by atoms with Crippen LogP contribution in [0.1, 0.15) is 62.6 Å². The number of aliphatic imine (C=N–C) groups is 1. The number of nitrogens with zero attached hydrogens (tertiary/aromatic N) is 3. The predicted molar refractivity (Wildman–Crippen MR) is 124 cm³/mol. The highest BCUT2D eigenvalue weighted by Gasteiger charge is 2.28. The van der Waals surface area contributed by atoms with Gasteiger partial charge in [-0.1, -0.05) is 49.6 Å². The Kier molecular flexibility index (Phi) is 5.94. The van der Waals surface area contributed by atoms with E-state index >= 15 is 0 Å². The average Bonchev–Trinajstić information content (AvgIpc) is 2.99. The van der Waals surface area contributed by atoms with Gasteiger partial charge in [-0.15, -0.1) is 0 Å². The second-order valence-corrected chi connectivity index (χ2v) is 8.77. The van der Waals surface area contributed by atoms with Crippen molar-refractivity contribution >= 4 is 17.2 Å². The summed E-state index contributed by atoms with van der Waals surface area (Å²) in [5.41, 5.74) is 6.84. The Morgan fingerprint density at radius 2 is 2.10 bits per heavy atom. The molecule has 1 fully saturated rings. The van der Waals surface area contributed by atoms with Crippen LogP contribution in [0.4, 0.5) is 0 Å². The molecule has 4 heteroatoms. The maximum Gasteiger partial charge on any atom is 0.272 e. The summed E-state index contributed by atoms with van der Waals surface area (Å²) in [6.07, 6.45) is 12.8. The number of allylic oxidation sites excluding steroid dienone is 4. The van der Waals surface area contributed by atoms with E-state index in [9.17, 15) is 4.79 Å². The molecule has 0 spiro atoms. The smallest absolute Gasteiger partial charge is 0.272 e. The first-order chi connectivity index (χ1) is 14.5. The average molecular weight is 404 g/mol. The van der Waals surface area contributed by atoms with E-state index in [0.29, 0.717) is 5.71 Å². The molecular weight excluding hydrogens is 370 g/mol. The number of rotatable bonds is 3. The minimum Gasteiger partial charge on any atom is -0.335 e. The van der Waals surface area contributed by atoms with Crippen molar-refractivity contribution in [3.8, 4) is 0 Å². The summed E-state index contributed by atoms with van der Waals surface area (Å²) in [5, 5.41) is 0. The summed E-state index contributed by atoms with van der Waals surface area (Å²) in [4.78, 5) is 22.4. The molecule has 1 amide bonds. The molecule has 0 radical (unpaired) electrons. The largest absolute Gasteiger partial charge is 0.335 e. The minimum atomic E-state index is 0.0748. The minimum absolute atomic E-state index is 0.0748. The molecule has 1 aromatic rings. The van der Waals surface area contributed by atoms with Gasteiger partial charge in [0.1, 0.15) is 11.5 Å². The van der Waals surface area contributed by atoms with Gasteiger partial charge < -0.3 is 9.80 Å². The summed E-state index contributed by atoms with van der Waals surface area (Å²) < 4.78 is 0. The van der Waals surface area contributed by atoms with Crippen LogP contribution in [-0.2, 0) is 11.2 Å². The number of carbonyl (C=O) groups is 1. The Labute approximate surface area is 180 Å². The molecule has 1 aliphatic carbocycles. The van der Waals surface area contributed by atoms with Gasteiger partial charge in [0.2, 0.25) is 0 Å². The lowest BCUT2D eigenvalue weighted by molar-refractivity contribution is -0.125. The summed E-state index contributed by atoms with van der Waals surface area (Å²) in [6.45, 7) is 7.27. The first kappa shape index (κ1) is 20.6. The summed E-state index contributed by atoms with van der Waals surface area (Å²) in [5.74, 6) is 0.922. The van der Waals surface area contributed by atoms with Crippen LogP contribution in [0.3, 0.4) is 0 Å². The Morgan fingerprint density at radius 3 is 2.90 bits per heavy atom. The third kappa shape index (κ3) is 4.00. The third-order valence-corrected chi connectivity index (χ3v) is 6.61. The Balaban J connectivity index is 1.67. The molecule has 1 aromatic carbocycles. The molecule has 0 saturated carbocycles. The molecule has 0 N–H and O–H groups in total. The lowest BCUT2D eigenvalue weighted by Gasteiger charge is -2.31. The highest BCUT2D eigenvalue weighted by molar-refractivity contribution is 6.43. The van der Waals surface area contributed by atoms with E-state index in [1.807, 2.05) is 18.0 Å². The highest BCUT2D eigenvalue weighted by atomic mass is 16.2. The first-order valence-corrected chi connectivity index (χ1v) is 11.3. The predicted octanol–water partition coefficient (Wildman–Crippen LogP) is 5.25. The van der Waals surface area contributed by atoms with Gasteiger partial charge in [0.25, 0.3) is 5.91 Å². The molecule has 1 saturated heterocycles. The number of likely N-dealkylation sites (tertiary alicyclic amines) is 1. The molecule has 0 bridgehead atoms. The molecule has 30 heavy (non-hydrogen) atoms. The van der Waals surface area contributed by atoms with Gasteiger partial charge in [-0.25, -0.2) is 4.99 Å². The zero-order valence-electron chi connectivity index (χ0n) is 18.7. The molecule has 2 heterocycles. The number of hydrogen-bond acceptors (Lipinski definition) is 3. The first-order valence-electron chi connectivity index (χ1n) is 11.3. The van der Waals surface area contributed by atoms with Crippen LogP contribution >= 0.6 is 0 Å². The number of hydrogen-bond donors (Lipinski definition) is 0. The Hall–Kier alpha value is -2.62. The lowest BCUT2D eigenvalue weighted by Crippen LogP contribution is -2.43. The molecule has 4 nitrogen and oxygen atoms in total. The van der Waals surface area contributed by atoms with Gasteiger partial charge in [-0.05, 0) is 68.4 Å². The van der Waals surface area contributed by atoms with Crippen molar-refractivity contribution in [3.63, 3.8) is 0 Å². The molecule has 3 aliphatic rings. The van der Waals surface area contributed by atoms with Crippen LogP contribution < -0.4 is 0 Å². The Morgan fingerprint density at radius 1 is 1.27 bits per heavy atom. The van der Waals surface area contributed by atoms with E-state index < -0.39 is 0 Å². The van der Waals surface area contributed by atoms with Gasteiger partial charge in [0.15, 0.2) is 0 Å². The second kappa shape index (κ2) is 8.63. The number of benzene rings is 1. The molecule has 0 aromatic heterocycles. The second-order valence-electron chi connectivity index (χ2n) is 8.77. The number of fused-ring (bicyclic) bond motifs is 1. The molecule has 158 valence electrons. The van der Waals surface area contributed by atoms with Crippen LogP contribution in [0.25, 0.3) is 5.57 Å². The van der Waals surface area contributed by atoms with Crippen molar-refractivity contribution in [3.05, 3.63) is 64.6 Å². The van der Waals surface area contributed by atoms with Crippen LogP contribution in [-0.4, -0.2) is 41.1 Å². The Bertz CT molecular complexity index is 966. The lowest BCUT2D eigenvalue weighted by atomic mass is 10.0. The van der Waals surface area contributed by atoms with E-state index in [-0.39, 0.29) is 11.9 Å². The maximum absolute atomic E-state index is 13.4. The summed E-state index contributed by atoms with van der Waals surface area (Å²) >= 11 is 0. The van der Waals surface area contributed by atoms with Crippen molar-refractivity contribution in [2.24, 2.45) is 4.99 Å². The van der Waals surface area contributed by atoms with Crippen LogP contribution in [0.5, 0.6) is 0 Å². The van der Waals surface area contributed by atoms with Gasteiger partial charge in [0.05, 0.1) is 0 Å². The zero-order chi connectivity index (χ0) is 21.3. The molecule has 1 unspecified atom stereocenters. The van der Waals surface area contributed by atoms with Crippen molar-refractivity contribution < 1.29 is 4.79 Å². The number of carbonyl (C=O) groups excluding carboxylic acids is 1. The van der Waals surface area contributed by atoms with Gasteiger partial charge in [-0.3, -0.25) is 4.79 Å². The van der Waals surface area contributed by atoms with Crippen LogP contribution in [0, 0.1) is 6.92 Å². The van der Waals surface area contributed by atoms with Crippen molar-refractivity contribution in [2.75, 3.05) is 13.6 Å². The quantitative estimate of drug-likeness (QED) is 0.691. The molecular formula is C26H33N3O. The SMILES string of the molecule is CCC1=CC(C(=O)N2CCCCCC2C)=N/C(=C/C2=CCc3cc(C)ccc32)N1C. The zero-order valence-corrected chi connectivity index (χ0v) is 18.7. The maximum atomic E-state index is 13.4. The van der Waals surface area contributed by atoms with Crippen molar-refractivity contribution in [2.45, 2.75) is 65.3 Å². The van der Waals surface area contributed by atoms with Gasteiger partial charge >= 0.3 is 0 Å². The molecule has 2 aliphatic heterocycles. The fourth-order valence-electron chi connectivity index (χ4n) is 4.71. The van der Waals surface area contributed by atoms with E-state index in [1.54, 1.807) is 0 Å². The van der Waals surface area contributed by atoms with E-state index in [0.717, 1.165) is 43.7 Å². The summed E-state index contributed by atoms with van der Waals surface area (Å²) in [7, 11) is 2.05. The van der Waals surface area contributed by atoms with E-state index in [2.05, 4.69) is 56.0 Å². The van der Waals surface area contributed by atoms with E-state index in [1.165, 1.54) is 35.1 Å². The fraction of sp³-hybridized carbons (Fsp3) is 0.462. The molecule has 1 atom stereocenters. The van der Waals surface area contributed by atoms with Gasteiger partial charge in [-0.2, -0.15) is 0 Å². The standard InChI is InChI=1S/C26H33N3O/c1-5-22-17-24(26(30)29-14-8-6-7-9-19(29)3)27-25(28(22)4)16-21-12-11-20-15-18(2)10-13-23(20)21/h10,12-13,15-17,19H,5-9,11,14H2,1-4H3/b25-16-. The molecule has 4 rings (SSSR count). The van der Waals surface area contributed by atoms with E-state index in [4.69, 9.17) is 4.99 Å². The van der Waals surface area contributed by atoms with Crippen LogP contribution in [0.15, 0.2) is 52.9 Å². The highest BCUT2D eigenvalue weighted by Crippen LogP contribution is 2.32. The normalized spacial score (nSPS) is 23.0. The topological polar surface area (TPSA) is 35.9 Å². The van der Waals surface area contributed by atoms with Gasteiger partial charge in [0, 0.05) is 25.3 Å². The summed E-state index contributed by atoms with van der Waals surface area (Å²) in [6, 6.07) is 6.91. The van der Waals surface area contributed by atoms with Crippen molar-refractivity contribution in [1.82, 2.24) is 9.80 Å². The number of aryl methyl sites for hydroxylation is 1. The fourth-order valence-corrected chi connectivity index (χ4v) is 4.71. The third-order valence-electron chi connectivity index (χ3n) is 6.61.